The van der Waals surface area contributed by atoms with Crippen LogP contribution in [0.5, 0.6) is 0 Å². The maximum Gasteiger partial charge on any atom is 0.227 e. The summed E-state index contributed by atoms with van der Waals surface area (Å²) in [4.78, 5) is 20.1. The maximum atomic E-state index is 13.2. The van der Waals surface area contributed by atoms with E-state index in [0.717, 1.165) is 63.7 Å². The molecule has 2 aromatic rings. The zero-order valence-electron chi connectivity index (χ0n) is 18.1. The normalized spacial score (nSPS) is 20.4. The number of hydrogen-bond acceptors (Lipinski definition) is 3. The van der Waals surface area contributed by atoms with Gasteiger partial charge in [0.1, 0.15) is 0 Å². The van der Waals surface area contributed by atoms with Crippen molar-refractivity contribution in [2.45, 2.75) is 33.2 Å². The number of piperidine rings is 1. The highest BCUT2D eigenvalue weighted by molar-refractivity contribution is 6.30. The quantitative estimate of drug-likeness (QED) is 0.720. The van der Waals surface area contributed by atoms with Crippen LogP contribution in [0.15, 0.2) is 42.5 Å². The fourth-order valence-corrected chi connectivity index (χ4v) is 4.87. The van der Waals surface area contributed by atoms with Gasteiger partial charge in [-0.05, 0) is 56.5 Å². The highest BCUT2D eigenvalue weighted by Crippen LogP contribution is 2.26. The molecular weight excluding hydrogens is 394 g/mol. The number of nitrogens with zero attached hydrogens (tertiary/aromatic N) is 3. The smallest absolute Gasteiger partial charge is 0.227 e. The summed E-state index contributed by atoms with van der Waals surface area (Å²) in [5, 5.41) is 0.768. The lowest BCUT2D eigenvalue weighted by atomic mass is 9.95. The first-order chi connectivity index (χ1) is 14.5. The second kappa shape index (κ2) is 9.40. The van der Waals surface area contributed by atoms with Crippen LogP contribution in [0.25, 0.3) is 0 Å². The Labute approximate surface area is 185 Å². The molecule has 2 fully saturated rings. The molecule has 1 atom stereocenters. The molecule has 4 nitrogen and oxygen atoms in total. The van der Waals surface area contributed by atoms with Crippen molar-refractivity contribution in [2.75, 3.05) is 44.2 Å². The Hall–Kier alpha value is -2.04. The van der Waals surface area contributed by atoms with E-state index in [2.05, 4.69) is 58.9 Å². The first-order valence-electron chi connectivity index (χ1n) is 11.1. The number of hydrogen-bond donors (Lipinski definition) is 0. The molecule has 2 saturated heterocycles. The third-order valence-corrected chi connectivity index (χ3v) is 6.72. The van der Waals surface area contributed by atoms with Crippen LogP contribution < -0.4 is 4.90 Å². The summed E-state index contributed by atoms with van der Waals surface area (Å²) in [6.07, 6.45) is 2.11. The molecule has 0 bridgehead atoms. The monoisotopic (exact) mass is 425 g/mol. The maximum absolute atomic E-state index is 13.2. The molecule has 0 N–H and O–H groups in total. The lowest BCUT2D eigenvalue weighted by Gasteiger charge is -2.40. The van der Waals surface area contributed by atoms with Gasteiger partial charge in [-0.3, -0.25) is 9.69 Å². The minimum Gasteiger partial charge on any atom is -0.368 e. The van der Waals surface area contributed by atoms with E-state index < -0.39 is 0 Å². The predicted octanol–water partition coefficient (Wildman–Crippen LogP) is 4.52. The van der Waals surface area contributed by atoms with Crippen molar-refractivity contribution in [3.05, 3.63) is 64.2 Å². The molecule has 5 heteroatoms. The highest BCUT2D eigenvalue weighted by Gasteiger charge is 2.31. The molecule has 0 radical (unpaired) electrons. The summed E-state index contributed by atoms with van der Waals surface area (Å²) < 4.78 is 0. The summed E-state index contributed by atoms with van der Waals surface area (Å²) in [5.41, 5.74) is 5.05. The van der Waals surface area contributed by atoms with E-state index in [1.807, 2.05) is 12.1 Å². The minimum atomic E-state index is 0.128. The largest absolute Gasteiger partial charge is 0.368 e. The number of piperazine rings is 1. The number of rotatable bonds is 4. The van der Waals surface area contributed by atoms with Gasteiger partial charge in [0.25, 0.3) is 0 Å². The van der Waals surface area contributed by atoms with Crippen molar-refractivity contribution in [3.8, 4) is 0 Å². The van der Waals surface area contributed by atoms with Crippen molar-refractivity contribution < 1.29 is 4.79 Å². The van der Waals surface area contributed by atoms with Gasteiger partial charge >= 0.3 is 0 Å². The van der Waals surface area contributed by atoms with Gasteiger partial charge in [-0.2, -0.15) is 0 Å². The summed E-state index contributed by atoms with van der Waals surface area (Å²) >= 11 is 6.20. The molecule has 30 heavy (non-hydrogen) atoms. The van der Waals surface area contributed by atoms with E-state index in [4.69, 9.17) is 11.6 Å². The van der Waals surface area contributed by atoms with Crippen LogP contribution >= 0.6 is 11.6 Å². The van der Waals surface area contributed by atoms with Crippen LogP contribution in [0.1, 0.15) is 29.5 Å². The summed E-state index contributed by atoms with van der Waals surface area (Å²) in [6.45, 7) is 10.4. The van der Waals surface area contributed by atoms with Crippen LogP contribution in [0.3, 0.4) is 0 Å². The Morgan fingerprint density at radius 3 is 2.47 bits per heavy atom. The lowest BCUT2D eigenvalue weighted by molar-refractivity contribution is -0.137. The van der Waals surface area contributed by atoms with Crippen LogP contribution in [0, 0.1) is 19.8 Å². The van der Waals surface area contributed by atoms with Gasteiger partial charge in [-0.1, -0.05) is 47.5 Å². The van der Waals surface area contributed by atoms with E-state index in [1.165, 1.54) is 22.4 Å². The number of carbonyl (C=O) groups excluding carboxylic acids is 1. The van der Waals surface area contributed by atoms with E-state index in [9.17, 15) is 4.79 Å². The molecule has 2 heterocycles. The summed E-state index contributed by atoms with van der Waals surface area (Å²) in [5.74, 6) is 0.467. The van der Waals surface area contributed by atoms with Crippen molar-refractivity contribution in [1.29, 1.82) is 0 Å². The van der Waals surface area contributed by atoms with E-state index >= 15 is 0 Å². The molecule has 2 aromatic carbocycles. The second-order valence-corrected chi connectivity index (χ2v) is 9.24. The molecule has 0 aliphatic carbocycles. The number of anilines is 1. The van der Waals surface area contributed by atoms with Gasteiger partial charge < -0.3 is 9.80 Å². The fraction of sp³-hybridized carbons (Fsp3) is 0.480. The molecule has 2 aliphatic rings. The zero-order valence-corrected chi connectivity index (χ0v) is 18.9. The molecule has 1 amide bonds. The Kier molecular flexibility index (Phi) is 6.64. The van der Waals surface area contributed by atoms with Crippen molar-refractivity contribution >= 4 is 23.2 Å². The third kappa shape index (κ3) is 4.98. The lowest BCUT2D eigenvalue weighted by Crippen LogP contribution is -2.52. The van der Waals surface area contributed by atoms with Gasteiger partial charge in [0.15, 0.2) is 0 Å². The molecular formula is C25H32ClN3O. The Morgan fingerprint density at radius 2 is 1.73 bits per heavy atom. The van der Waals surface area contributed by atoms with Crippen LogP contribution in [0.2, 0.25) is 5.02 Å². The predicted molar refractivity (Wildman–Crippen MR) is 124 cm³/mol. The number of benzene rings is 2. The Bertz CT molecular complexity index is 874. The molecule has 1 unspecified atom stereocenters. The SMILES string of the molecule is Cc1ccc(CN2CCCC(C(=O)N3CCN(c4cc(Cl)ccc4C)CC3)C2)cc1. The molecule has 4 rings (SSSR count). The van der Waals surface area contributed by atoms with Gasteiger partial charge in [-0.25, -0.2) is 0 Å². The van der Waals surface area contributed by atoms with E-state index in [0.29, 0.717) is 5.91 Å². The number of likely N-dealkylation sites (tertiary alicyclic amines) is 1. The second-order valence-electron chi connectivity index (χ2n) is 8.80. The number of aryl methyl sites for hydroxylation is 2. The van der Waals surface area contributed by atoms with Crippen LogP contribution in [0.4, 0.5) is 5.69 Å². The van der Waals surface area contributed by atoms with Gasteiger partial charge in [0.05, 0.1) is 5.92 Å². The third-order valence-electron chi connectivity index (χ3n) is 6.48. The van der Waals surface area contributed by atoms with Gasteiger partial charge in [0.2, 0.25) is 5.91 Å². The average molecular weight is 426 g/mol. The fourth-order valence-electron chi connectivity index (χ4n) is 4.70. The molecule has 2 aliphatic heterocycles. The van der Waals surface area contributed by atoms with E-state index in [-0.39, 0.29) is 5.92 Å². The minimum absolute atomic E-state index is 0.128. The summed E-state index contributed by atoms with van der Waals surface area (Å²) in [6, 6.07) is 14.8. The van der Waals surface area contributed by atoms with E-state index in [1.54, 1.807) is 0 Å². The number of carbonyl (C=O) groups is 1. The zero-order chi connectivity index (χ0) is 21.1. The van der Waals surface area contributed by atoms with Crippen LogP contribution in [-0.4, -0.2) is 55.0 Å². The molecule has 0 aromatic heterocycles. The van der Waals surface area contributed by atoms with Crippen molar-refractivity contribution in [3.63, 3.8) is 0 Å². The first-order valence-corrected chi connectivity index (χ1v) is 11.5. The van der Waals surface area contributed by atoms with Gasteiger partial charge in [-0.15, -0.1) is 0 Å². The Balaban J connectivity index is 1.32. The van der Waals surface area contributed by atoms with Crippen LogP contribution in [-0.2, 0) is 11.3 Å². The topological polar surface area (TPSA) is 26.8 Å². The van der Waals surface area contributed by atoms with Gasteiger partial charge in [0, 0.05) is 50.0 Å². The average Bonchev–Trinajstić information content (AvgIpc) is 2.77. The Morgan fingerprint density at radius 1 is 1.00 bits per heavy atom. The standard InChI is InChI=1S/C25H32ClN3O/c1-19-5-8-21(9-6-19)17-27-11-3-4-22(18-27)25(30)29-14-12-28(13-15-29)24-16-23(26)10-7-20(24)2/h5-10,16,22H,3-4,11-15,17-18H2,1-2H3. The number of halogens is 1. The summed E-state index contributed by atoms with van der Waals surface area (Å²) in [7, 11) is 0. The van der Waals surface area contributed by atoms with Crippen molar-refractivity contribution in [1.82, 2.24) is 9.80 Å². The highest BCUT2D eigenvalue weighted by atomic mass is 35.5. The molecule has 0 spiro atoms. The molecule has 160 valence electrons. The first kappa shape index (κ1) is 21.2. The molecule has 0 saturated carbocycles. The van der Waals surface area contributed by atoms with Crippen molar-refractivity contribution in [2.24, 2.45) is 5.92 Å². The number of amides is 1.